The van der Waals surface area contributed by atoms with Gasteiger partial charge in [0.05, 0.1) is 17.9 Å². The van der Waals surface area contributed by atoms with Gasteiger partial charge in [0, 0.05) is 19.0 Å². The maximum Gasteiger partial charge on any atom is 0.304 e. The molecule has 1 aliphatic heterocycles. The Kier molecular flexibility index (Phi) is 6.41. The monoisotopic (exact) mass is 306 g/mol. The Labute approximate surface area is 119 Å². The van der Waals surface area contributed by atoms with Crippen molar-refractivity contribution in [3.63, 3.8) is 0 Å². The smallest absolute Gasteiger partial charge is 0.304 e. The van der Waals surface area contributed by atoms with Crippen LogP contribution in [0.4, 0.5) is 0 Å². The summed E-state index contributed by atoms with van der Waals surface area (Å²) in [4.78, 5) is 23.3. The summed E-state index contributed by atoms with van der Waals surface area (Å²) in [6.45, 7) is 1.04. The Balaban J connectivity index is 2.48. The molecule has 0 aromatic carbocycles. The lowest BCUT2D eigenvalue weighted by atomic mass is 9.99. The van der Waals surface area contributed by atoms with Crippen molar-refractivity contribution in [2.45, 2.75) is 38.1 Å². The van der Waals surface area contributed by atoms with Gasteiger partial charge in [-0.2, -0.15) is 0 Å². The van der Waals surface area contributed by atoms with Crippen LogP contribution in [0.1, 0.15) is 32.1 Å². The van der Waals surface area contributed by atoms with Gasteiger partial charge >= 0.3 is 5.97 Å². The highest BCUT2D eigenvalue weighted by Gasteiger charge is 2.25. The molecule has 7 nitrogen and oxygen atoms in total. The van der Waals surface area contributed by atoms with E-state index in [1.165, 1.54) is 0 Å². The average Bonchev–Trinajstić information content (AvgIpc) is 2.35. The number of amides is 1. The van der Waals surface area contributed by atoms with Crippen LogP contribution >= 0.6 is 0 Å². The van der Waals surface area contributed by atoms with Gasteiger partial charge in [-0.3, -0.25) is 14.5 Å². The second-order valence-electron chi connectivity index (χ2n) is 5.15. The lowest BCUT2D eigenvalue weighted by Gasteiger charge is -2.34. The normalized spacial score (nSPS) is 20.7. The van der Waals surface area contributed by atoms with Crippen molar-refractivity contribution in [1.29, 1.82) is 0 Å². The van der Waals surface area contributed by atoms with E-state index in [0.717, 1.165) is 25.8 Å². The summed E-state index contributed by atoms with van der Waals surface area (Å²) in [5.74, 6) is -1.79. The Morgan fingerprint density at radius 2 is 1.95 bits per heavy atom. The maximum atomic E-state index is 11.8. The first-order valence-electron chi connectivity index (χ1n) is 6.75. The van der Waals surface area contributed by atoms with Crippen LogP contribution in [0.2, 0.25) is 0 Å². The number of rotatable bonds is 8. The highest BCUT2D eigenvalue weighted by molar-refractivity contribution is 7.91. The summed E-state index contributed by atoms with van der Waals surface area (Å²) in [7, 11) is -3.32. The first kappa shape index (κ1) is 16.9. The lowest BCUT2D eigenvalue weighted by Crippen LogP contribution is -2.43. The predicted molar refractivity (Wildman–Crippen MR) is 73.9 cm³/mol. The third-order valence-electron chi connectivity index (χ3n) is 3.51. The molecule has 1 atom stereocenters. The summed E-state index contributed by atoms with van der Waals surface area (Å²) in [6, 6.07) is -0.0902. The van der Waals surface area contributed by atoms with E-state index in [0.29, 0.717) is 6.54 Å². The topological polar surface area (TPSA) is 118 Å². The number of nitrogens with two attached hydrogens (primary N) is 1. The van der Waals surface area contributed by atoms with Crippen molar-refractivity contribution in [3.8, 4) is 0 Å². The third-order valence-corrected chi connectivity index (χ3v) is 5.14. The fourth-order valence-corrected chi connectivity index (χ4v) is 3.63. The van der Waals surface area contributed by atoms with Gasteiger partial charge in [-0.1, -0.05) is 6.42 Å². The quantitative estimate of drug-likeness (QED) is 0.630. The van der Waals surface area contributed by atoms with Crippen LogP contribution in [-0.2, 0) is 19.4 Å². The Morgan fingerprint density at radius 1 is 1.25 bits per heavy atom. The molecule has 116 valence electrons. The number of carboxylic acids is 1. The SMILES string of the molecule is NC(=O)CCS(=O)(=O)CCN1CCCCC1CC(=O)O. The maximum absolute atomic E-state index is 11.8. The molecule has 0 saturated carbocycles. The van der Waals surface area contributed by atoms with Gasteiger partial charge in [-0.15, -0.1) is 0 Å². The number of carbonyl (C=O) groups is 2. The molecule has 1 saturated heterocycles. The number of aliphatic carboxylic acids is 1. The highest BCUT2D eigenvalue weighted by Crippen LogP contribution is 2.19. The number of sulfone groups is 1. The molecule has 0 aromatic rings. The van der Waals surface area contributed by atoms with E-state index in [4.69, 9.17) is 10.8 Å². The van der Waals surface area contributed by atoms with Crippen molar-refractivity contribution in [2.75, 3.05) is 24.6 Å². The molecule has 0 spiro atoms. The van der Waals surface area contributed by atoms with Crippen molar-refractivity contribution >= 4 is 21.7 Å². The fourth-order valence-electron chi connectivity index (χ4n) is 2.40. The Hall–Kier alpha value is -1.15. The number of hydrogen-bond donors (Lipinski definition) is 2. The molecule has 1 fully saturated rings. The van der Waals surface area contributed by atoms with E-state index in [9.17, 15) is 18.0 Å². The molecule has 0 radical (unpaired) electrons. The molecule has 1 rings (SSSR count). The first-order valence-corrected chi connectivity index (χ1v) is 8.57. The molecule has 0 bridgehead atoms. The van der Waals surface area contributed by atoms with Gasteiger partial charge in [0.2, 0.25) is 5.91 Å². The molecule has 8 heteroatoms. The molecule has 20 heavy (non-hydrogen) atoms. The molecule has 1 unspecified atom stereocenters. The minimum atomic E-state index is -3.32. The Bertz CT molecular complexity index is 449. The first-order chi connectivity index (χ1) is 9.30. The number of carbonyl (C=O) groups excluding carboxylic acids is 1. The average molecular weight is 306 g/mol. The summed E-state index contributed by atoms with van der Waals surface area (Å²) in [6.07, 6.45) is 2.59. The van der Waals surface area contributed by atoms with Crippen LogP contribution in [0.5, 0.6) is 0 Å². The van der Waals surface area contributed by atoms with Crippen LogP contribution in [-0.4, -0.2) is 60.9 Å². The van der Waals surface area contributed by atoms with Crippen molar-refractivity contribution in [1.82, 2.24) is 4.90 Å². The number of carboxylic acid groups (broad SMARTS) is 1. The standard InChI is InChI=1S/C12H22N2O5S/c13-11(15)4-7-20(18,19)8-6-14-5-2-1-3-10(14)9-12(16)17/h10H,1-9H2,(H2,13,15)(H,16,17). The van der Waals surface area contributed by atoms with E-state index in [2.05, 4.69) is 0 Å². The lowest BCUT2D eigenvalue weighted by molar-refractivity contribution is -0.138. The second kappa shape index (κ2) is 7.58. The Morgan fingerprint density at radius 3 is 2.55 bits per heavy atom. The summed E-state index contributed by atoms with van der Waals surface area (Å²) < 4.78 is 23.5. The fraction of sp³-hybridized carbons (Fsp3) is 0.833. The van der Waals surface area contributed by atoms with Crippen LogP contribution in [0.25, 0.3) is 0 Å². The summed E-state index contributed by atoms with van der Waals surface area (Å²) in [5, 5.41) is 8.86. The minimum absolute atomic E-state index is 0.0430. The van der Waals surface area contributed by atoms with Gasteiger partial charge in [-0.25, -0.2) is 8.42 Å². The number of nitrogens with zero attached hydrogens (tertiary/aromatic N) is 1. The number of primary amides is 1. The molecular formula is C12H22N2O5S. The molecule has 1 heterocycles. The predicted octanol–water partition coefficient (Wildman–Crippen LogP) is -0.394. The van der Waals surface area contributed by atoms with Crippen LogP contribution in [0, 0.1) is 0 Å². The number of hydrogen-bond acceptors (Lipinski definition) is 5. The van der Waals surface area contributed by atoms with Crippen molar-refractivity contribution in [2.24, 2.45) is 5.73 Å². The zero-order valence-corrected chi connectivity index (χ0v) is 12.3. The van der Waals surface area contributed by atoms with E-state index in [1.807, 2.05) is 4.90 Å². The molecule has 0 aliphatic carbocycles. The van der Waals surface area contributed by atoms with Crippen LogP contribution in [0.15, 0.2) is 0 Å². The number of likely N-dealkylation sites (tertiary alicyclic amines) is 1. The summed E-state index contributed by atoms with van der Waals surface area (Å²) in [5.41, 5.74) is 4.94. The third kappa shape index (κ3) is 6.33. The van der Waals surface area contributed by atoms with Gasteiger partial charge in [0.1, 0.15) is 0 Å². The van der Waals surface area contributed by atoms with Gasteiger partial charge < -0.3 is 10.8 Å². The van der Waals surface area contributed by atoms with Crippen LogP contribution < -0.4 is 5.73 Å². The highest BCUT2D eigenvalue weighted by atomic mass is 32.2. The van der Waals surface area contributed by atoms with Crippen LogP contribution in [0.3, 0.4) is 0 Å². The minimum Gasteiger partial charge on any atom is -0.481 e. The molecule has 1 aliphatic rings. The molecule has 1 amide bonds. The summed E-state index contributed by atoms with van der Waals surface area (Å²) >= 11 is 0. The van der Waals surface area contributed by atoms with E-state index in [1.54, 1.807) is 0 Å². The van der Waals surface area contributed by atoms with Gasteiger partial charge in [0.25, 0.3) is 0 Å². The number of piperidine rings is 1. The zero-order chi connectivity index (χ0) is 15.2. The van der Waals surface area contributed by atoms with E-state index in [-0.39, 0.29) is 30.4 Å². The van der Waals surface area contributed by atoms with Gasteiger partial charge in [0.15, 0.2) is 9.84 Å². The van der Waals surface area contributed by atoms with E-state index < -0.39 is 21.7 Å². The zero-order valence-electron chi connectivity index (χ0n) is 11.5. The second-order valence-corrected chi connectivity index (χ2v) is 7.46. The largest absolute Gasteiger partial charge is 0.481 e. The van der Waals surface area contributed by atoms with Gasteiger partial charge in [-0.05, 0) is 19.4 Å². The van der Waals surface area contributed by atoms with E-state index >= 15 is 0 Å². The van der Waals surface area contributed by atoms with Crippen molar-refractivity contribution < 1.29 is 23.1 Å². The molecular weight excluding hydrogens is 284 g/mol. The molecule has 0 aromatic heterocycles. The molecule has 3 N–H and O–H groups in total. The van der Waals surface area contributed by atoms with Crippen molar-refractivity contribution in [3.05, 3.63) is 0 Å².